The van der Waals surface area contributed by atoms with Crippen LogP contribution in [-0.4, -0.2) is 12.2 Å². The number of halogens is 1. The molecule has 0 spiro atoms. The molecule has 0 aliphatic carbocycles. The molecule has 0 atom stereocenters. The summed E-state index contributed by atoms with van der Waals surface area (Å²) in [5.41, 5.74) is 4.58. The maximum absolute atomic E-state index is 9.14. The van der Waals surface area contributed by atoms with Gasteiger partial charge in [0.2, 0.25) is 0 Å². The standard InChI is InChI=1S/C16H18BrNO/c1-12-9-13(11-19)7-8-16(12)18(2)10-14-5-3-4-6-15(14)17/h3-9,19H,10-11H2,1-2H3. The molecule has 0 bridgehead atoms. The van der Waals surface area contributed by atoms with Gasteiger partial charge < -0.3 is 10.0 Å². The van der Waals surface area contributed by atoms with Gasteiger partial charge >= 0.3 is 0 Å². The fraction of sp³-hybridized carbons (Fsp3) is 0.250. The first-order chi connectivity index (χ1) is 9.11. The summed E-state index contributed by atoms with van der Waals surface area (Å²) in [6.07, 6.45) is 0. The third kappa shape index (κ3) is 3.37. The van der Waals surface area contributed by atoms with Gasteiger partial charge in [-0.25, -0.2) is 0 Å². The Hall–Kier alpha value is -1.32. The summed E-state index contributed by atoms with van der Waals surface area (Å²) >= 11 is 3.58. The van der Waals surface area contributed by atoms with Gasteiger partial charge in [0.15, 0.2) is 0 Å². The number of hydrogen-bond donors (Lipinski definition) is 1. The van der Waals surface area contributed by atoms with Crippen molar-refractivity contribution in [2.75, 3.05) is 11.9 Å². The van der Waals surface area contributed by atoms with Crippen LogP contribution in [0.25, 0.3) is 0 Å². The van der Waals surface area contributed by atoms with E-state index in [4.69, 9.17) is 5.11 Å². The van der Waals surface area contributed by atoms with Crippen molar-refractivity contribution in [2.24, 2.45) is 0 Å². The molecule has 100 valence electrons. The van der Waals surface area contributed by atoms with Gasteiger partial charge in [0.25, 0.3) is 0 Å². The van der Waals surface area contributed by atoms with Crippen molar-refractivity contribution in [1.82, 2.24) is 0 Å². The fourth-order valence-electron chi connectivity index (χ4n) is 2.21. The smallest absolute Gasteiger partial charge is 0.0681 e. The highest BCUT2D eigenvalue weighted by Gasteiger charge is 2.07. The Labute approximate surface area is 122 Å². The van der Waals surface area contributed by atoms with Crippen LogP contribution < -0.4 is 4.90 Å². The van der Waals surface area contributed by atoms with Crippen molar-refractivity contribution in [3.8, 4) is 0 Å². The highest BCUT2D eigenvalue weighted by molar-refractivity contribution is 9.10. The number of rotatable bonds is 4. The van der Waals surface area contributed by atoms with E-state index in [1.54, 1.807) is 0 Å². The summed E-state index contributed by atoms with van der Waals surface area (Å²) in [6.45, 7) is 3.01. The monoisotopic (exact) mass is 319 g/mol. The average molecular weight is 320 g/mol. The third-order valence-electron chi connectivity index (χ3n) is 3.22. The quantitative estimate of drug-likeness (QED) is 0.924. The topological polar surface area (TPSA) is 23.5 Å². The van der Waals surface area contributed by atoms with E-state index in [0.29, 0.717) is 0 Å². The zero-order chi connectivity index (χ0) is 13.8. The molecule has 0 saturated heterocycles. The van der Waals surface area contributed by atoms with Crippen molar-refractivity contribution >= 4 is 21.6 Å². The number of aryl methyl sites for hydroxylation is 1. The third-order valence-corrected chi connectivity index (χ3v) is 3.99. The van der Waals surface area contributed by atoms with Crippen LogP contribution in [0, 0.1) is 6.92 Å². The lowest BCUT2D eigenvalue weighted by atomic mass is 10.1. The van der Waals surface area contributed by atoms with Gasteiger partial charge in [0.05, 0.1) is 6.61 Å². The minimum Gasteiger partial charge on any atom is -0.392 e. The molecule has 2 aromatic rings. The van der Waals surface area contributed by atoms with Crippen molar-refractivity contribution in [3.63, 3.8) is 0 Å². The Bertz CT molecular complexity index is 568. The van der Waals surface area contributed by atoms with Crippen LogP contribution in [0.2, 0.25) is 0 Å². The van der Waals surface area contributed by atoms with Crippen LogP contribution >= 0.6 is 15.9 Å². The van der Waals surface area contributed by atoms with E-state index in [0.717, 1.165) is 16.6 Å². The molecule has 1 N–H and O–H groups in total. The predicted octanol–water partition coefficient (Wildman–Crippen LogP) is 3.89. The van der Waals surface area contributed by atoms with Crippen molar-refractivity contribution < 1.29 is 5.11 Å². The van der Waals surface area contributed by atoms with E-state index in [1.165, 1.54) is 16.8 Å². The maximum atomic E-state index is 9.14. The van der Waals surface area contributed by atoms with Gasteiger partial charge in [0, 0.05) is 23.8 Å². The number of hydrogen-bond acceptors (Lipinski definition) is 2. The van der Waals surface area contributed by atoms with E-state index in [2.05, 4.69) is 59.1 Å². The van der Waals surface area contributed by atoms with E-state index < -0.39 is 0 Å². The van der Waals surface area contributed by atoms with Crippen molar-refractivity contribution in [1.29, 1.82) is 0 Å². The van der Waals surface area contributed by atoms with Crippen LogP contribution in [0.3, 0.4) is 0 Å². The van der Waals surface area contributed by atoms with Crippen LogP contribution in [0.15, 0.2) is 46.9 Å². The van der Waals surface area contributed by atoms with Crippen molar-refractivity contribution in [2.45, 2.75) is 20.1 Å². The van der Waals surface area contributed by atoms with Crippen LogP contribution in [0.5, 0.6) is 0 Å². The van der Waals surface area contributed by atoms with Gasteiger partial charge in [-0.2, -0.15) is 0 Å². The predicted molar refractivity (Wildman–Crippen MR) is 83.4 cm³/mol. The molecule has 2 rings (SSSR count). The first-order valence-corrected chi connectivity index (χ1v) is 7.06. The maximum Gasteiger partial charge on any atom is 0.0681 e. The van der Waals surface area contributed by atoms with Gasteiger partial charge in [-0.05, 0) is 35.7 Å². The first-order valence-electron chi connectivity index (χ1n) is 6.26. The van der Waals surface area contributed by atoms with Crippen LogP contribution in [0.4, 0.5) is 5.69 Å². The summed E-state index contributed by atoms with van der Waals surface area (Å²) in [6, 6.07) is 14.3. The van der Waals surface area contributed by atoms with Gasteiger partial charge in [-0.3, -0.25) is 0 Å². The highest BCUT2D eigenvalue weighted by Crippen LogP contribution is 2.24. The molecular weight excluding hydrogens is 302 g/mol. The Kier molecular flexibility index (Phi) is 4.61. The number of nitrogens with zero attached hydrogens (tertiary/aromatic N) is 1. The Morgan fingerprint density at radius 2 is 1.89 bits per heavy atom. The van der Waals surface area contributed by atoms with E-state index in [-0.39, 0.29) is 6.61 Å². The zero-order valence-electron chi connectivity index (χ0n) is 11.2. The second-order valence-electron chi connectivity index (χ2n) is 4.73. The Morgan fingerprint density at radius 1 is 1.16 bits per heavy atom. The largest absolute Gasteiger partial charge is 0.392 e. The SMILES string of the molecule is Cc1cc(CO)ccc1N(C)Cc1ccccc1Br. The van der Waals surface area contributed by atoms with Crippen molar-refractivity contribution in [3.05, 3.63) is 63.6 Å². The normalized spacial score (nSPS) is 10.5. The van der Waals surface area contributed by atoms with Gasteiger partial charge in [-0.1, -0.05) is 46.3 Å². The Balaban J connectivity index is 2.21. The minimum atomic E-state index is 0.0923. The lowest BCUT2D eigenvalue weighted by molar-refractivity contribution is 0.282. The van der Waals surface area contributed by atoms with Crippen LogP contribution in [-0.2, 0) is 13.2 Å². The molecule has 2 aromatic carbocycles. The highest BCUT2D eigenvalue weighted by atomic mass is 79.9. The van der Waals surface area contributed by atoms with E-state index in [1.807, 2.05) is 18.2 Å². The van der Waals surface area contributed by atoms with E-state index in [9.17, 15) is 0 Å². The zero-order valence-corrected chi connectivity index (χ0v) is 12.8. The molecule has 19 heavy (non-hydrogen) atoms. The first kappa shape index (κ1) is 14.1. The van der Waals surface area contributed by atoms with Gasteiger partial charge in [0.1, 0.15) is 0 Å². The molecule has 0 amide bonds. The fourth-order valence-corrected chi connectivity index (χ4v) is 2.62. The molecule has 0 aliphatic heterocycles. The second kappa shape index (κ2) is 6.22. The lowest BCUT2D eigenvalue weighted by Gasteiger charge is -2.22. The number of anilines is 1. The summed E-state index contributed by atoms with van der Waals surface area (Å²) in [7, 11) is 2.08. The molecule has 0 aromatic heterocycles. The second-order valence-corrected chi connectivity index (χ2v) is 5.58. The molecule has 3 heteroatoms. The number of aliphatic hydroxyl groups excluding tert-OH is 1. The Morgan fingerprint density at radius 3 is 2.53 bits per heavy atom. The molecule has 0 aliphatic rings. The summed E-state index contributed by atoms with van der Waals surface area (Å²) in [5.74, 6) is 0. The molecule has 0 radical (unpaired) electrons. The molecule has 0 fully saturated rings. The summed E-state index contributed by atoms with van der Waals surface area (Å²) in [4.78, 5) is 2.22. The molecule has 0 unspecified atom stereocenters. The molecular formula is C16H18BrNO. The van der Waals surface area contributed by atoms with Crippen LogP contribution in [0.1, 0.15) is 16.7 Å². The summed E-state index contributed by atoms with van der Waals surface area (Å²) in [5, 5.41) is 9.14. The van der Waals surface area contributed by atoms with E-state index >= 15 is 0 Å². The molecule has 0 heterocycles. The lowest BCUT2D eigenvalue weighted by Crippen LogP contribution is -2.17. The molecule has 2 nitrogen and oxygen atoms in total. The summed E-state index contributed by atoms with van der Waals surface area (Å²) < 4.78 is 1.13. The molecule has 0 saturated carbocycles. The minimum absolute atomic E-state index is 0.0923. The number of aliphatic hydroxyl groups is 1. The van der Waals surface area contributed by atoms with Gasteiger partial charge in [-0.15, -0.1) is 0 Å². The average Bonchev–Trinajstić information content (AvgIpc) is 2.41. The number of benzene rings is 2.